The molecule has 0 N–H and O–H groups in total. The summed E-state index contributed by atoms with van der Waals surface area (Å²) in [6, 6.07) is 38.9. The highest BCUT2D eigenvalue weighted by atomic mass is 16.5. The van der Waals surface area contributed by atoms with Gasteiger partial charge in [-0.15, -0.1) is 0 Å². The van der Waals surface area contributed by atoms with E-state index in [0.29, 0.717) is 31.2 Å². The van der Waals surface area contributed by atoms with Crippen molar-refractivity contribution in [3.63, 3.8) is 0 Å². The van der Waals surface area contributed by atoms with E-state index in [1.807, 2.05) is 66.7 Å². The summed E-state index contributed by atoms with van der Waals surface area (Å²) in [6.45, 7) is 0. The van der Waals surface area contributed by atoms with Crippen molar-refractivity contribution in [2.24, 2.45) is 0 Å². The highest BCUT2D eigenvalue weighted by molar-refractivity contribution is 6.15. The molecule has 6 aromatic carbocycles. The van der Waals surface area contributed by atoms with E-state index in [1.165, 1.54) is 7.11 Å². The molecule has 0 aromatic heterocycles. The Morgan fingerprint density at radius 3 is 1.65 bits per heavy atom. The highest BCUT2D eigenvalue weighted by Gasteiger charge is 2.25. The predicted octanol–water partition coefficient (Wildman–Crippen LogP) is 9.93. The number of carbonyl (C=O) groups excluding carboxylic acids is 2. The molecular weight excluding hydrogens is 572 g/mol. The lowest BCUT2D eigenvalue weighted by Crippen LogP contribution is -2.03. The van der Waals surface area contributed by atoms with Gasteiger partial charge in [-0.3, -0.25) is 9.59 Å². The third kappa shape index (κ3) is 5.96. The number of rotatable bonds is 11. The van der Waals surface area contributed by atoms with Crippen molar-refractivity contribution < 1.29 is 23.8 Å². The fraction of sp³-hybridized carbons (Fsp3) is 0.171. The Morgan fingerprint density at radius 2 is 1.07 bits per heavy atom. The number of unbranched alkanes of at least 4 members (excludes halogenated alkanes) is 1. The van der Waals surface area contributed by atoms with Gasteiger partial charge in [0.05, 0.1) is 21.3 Å². The van der Waals surface area contributed by atoms with E-state index < -0.39 is 0 Å². The van der Waals surface area contributed by atoms with Crippen LogP contribution >= 0.6 is 0 Å². The number of benzene rings is 6. The van der Waals surface area contributed by atoms with Gasteiger partial charge in [0.2, 0.25) is 0 Å². The van der Waals surface area contributed by atoms with Crippen LogP contribution in [0, 0.1) is 0 Å². The summed E-state index contributed by atoms with van der Waals surface area (Å²) in [5, 5.41) is 3.99. The molecule has 0 aliphatic rings. The summed E-state index contributed by atoms with van der Waals surface area (Å²) in [5.74, 6) is 1.27. The molecule has 5 nitrogen and oxygen atoms in total. The molecule has 0 aliphatic carbocycles. The fourth-order valence-corrected chi connectivity index (χ4v) is 6.28. The van der Waals surface area contributed by atoms with Crippen molar-refractivity contribution >= 4 is 33.3 Å². The van der Waals surface area contributed by atoms with Crippen molar-refractivity contribution in [3.05, 3.63) is 121 Å². The number of hydrogen-bond donors (Lipinski definition) is 0. The molecular formula is C41H36O5. The molecule has 5 heteroatoms. The molecule has 0 heterocycles. The first kappa shape index (κ1) is 30.6. The first-order valence-electron chi connectivity index (χ1n) is 15.5. The lowest BCUT2D eigenvalue weighted by molar-refractivity contribution is -0.140. The number of ether oxygens (including phenoxy) is 3. The largest absolute Gasteiger partial charge is 0.495 e. The van der Waals surface area contributed by atoms with Crippen molar-refractivity contribution in [3.8, 4) is 44.9 Å². The van der Waals surface area contributed by atoms with Gasteiger partial charge in [0.25, 0.3) is 0 Å². The predicted molar refractivity (Wildman–Crippen MR) is 186 cm³/mol. The molecule has 0 spiro atoms. The second-order valence-electron chi connectivity index (χ2n) is 11.3. The molecule has 0 unspecified atom stereocenters. The molecule has 0 radical (unpaired) electrons. The third-order valence-corrected chi connectivity index (χ3v) is 8.51. The second kappa shape index (κ2) is 13.7. The van der Waals surface area contributed by atoms with Gasteiger partial charge in [0, 0.05) is 40.7 Å². The first-order chi connectivity index (χ1) is 22.5. The topological polar surface area (TPSA) is 61.8 Å². The molecule has 0 amide bonds. The Hall–Kier alpha value is -5.42. The molecule has 230 valence electrons. The van der Waals surface area contributed by atoms with Gasteiger partial charge >= 0.3 is 5.97 Å². The zero-order chi connectivity index (χ0) is 32.0. The van der Waals surface area contributed by atoms with Gasteiger partial charge in [0.15, 0.2) is 5.78 Å². The van der Waals surface area contributed by atoms with Crippen molar-refractivity contribution in [1.82, 2.24) is 0 Å². The highest BCUT2D eigenvalue weighted by Crippen LogP contribution is 2.52. The Labute approximate surface area is 269 Å². The summed E-state index contributed by atoms with van der Waals surface area (Å²) in [6.07, 6.45) is 1.89. The van der Waals surface area contributed by atoms with Crippen LogP contribution in [0.15, 0.2) is 115 Å². The number of methoxy groups -OCH3 is 3. The van der Waals surface area contributed by atoms with E-state index in [2.05, 4.69) is 48.5 Å². The van der Waals surface area contributed by atoms with Crippen LogP contribution in [-0.2, 0) is 9.53 Å². The minimum atomic E-state index is -0.257. The van der Waals surface area contributed by atoms with E-state index in [9.17, 15) is 9.59 Å². The number of fused-ring (bicyclic) bond motifs is 2. The van der Waals surface area contributed by atoms with Crippen LogP contribution in [0.5, 0.6) is 11.5 Å². The van der Waals surface area contributed by atoms with E-state index >= 15 is 0 Å². The van der Waals surface area contributed by atoms with Gasteiger partial charge in [-0.1, -0.05) is 97.1 Å². The third-order valence-electron chi connectivity index (χ3n) is 8.51. The normalized spacial score (nSPS) is 11.0. The van der Waals surface area contributed by atoms with Crippen molar-refractivity contribution in [1.29, 1.82) is 0 Å². The molecule has 6 rings (SSSR count). The van der Waals surface area contributed by atoms with Crippen LogP contribution < -0.4 is 9.47 Å². The first-order valence-corrected chi connectivity index (χ1v) is 15.5. The molecule has 0 atom stereocenters. The molecule has 0 bridgehead atoms. The van der Waals surface area contributed by atoms with Crippen LogP contribution in [0.4, 0.5) is 0 Å². The Kier molecular flexibility index (Phi) is 9.11. The van der Waals surface area contributed by atoms with Crippen LogP contribution in [0.3, 0.4) is 0 Å². The Balaban J connectivity index is 1.61. The fourth-order valence-electron chi connectivity index (χ4n) is 6.28. The van der Waals surface area contributed by atoms with Gasteiger partial charge in [-0.2, -0.15) is 0 Å². The molecule has 6 aromatic rings. The minimum absolute atomic E-state index is 0.0412. The number of esters is 1. The van der Waals surface area contributed by atoms with E-state index in [1.54, 1.807) is 14.2 Å². The lowest BCUT2D eigenvalue weighted by Gasteiger charge is -2.23. The second-order valence-corrected chi connectivity index (χ2v) is 11.3. The average molecular weight is 609 g/mol. The maximum absolute atomic E-state index is 13.4. The number of ketones is 1. The summed E-state index contributed by atoms with van der Waals surface area (Å²) >= 11 is 0. The molecule has 0 aliphatic heterocycles. The van der Waals surface area contributed by atoms with Gasteiger partial charge in [0.1, 0.15) is 11.5 Å². The number of hydrogen-bond acceptors (Lipinski definition) is 5. The molecule has 0 saturated heterocycles. The zero-order valence-corrected chi connectivity index (χ0v) is 26.3. The maximum atomic E-state index is 13.4. The van der Waals surface area contributed by atoms with E-state index in [4.69, 9.17) is 14.2 Å². The maximum Gasteiger partial charge on any atom is 0.305 e. The Morgan fingerprint density at radius 1 is 0.543 bits per heavy atom. The van der Waals surface area contributed by atoms with Crippen molar-refractivity contribution in [2.75, 3.05) is 21.3 Å². The molecule has 0 saturated carbocycles. The van der Waals surface area contributed by atoms with E-state index in [-0.39, 0.29) is 11.8 Å². The number of Topliss-reactive ketones (excluding diaryl/α,β-unsaturated/α-hetero) is 1. The van der Waals surface area contributed by atoms with Crippen LogP contribution in [0.2, 0.25) is 0 Å². The van der Waals surface area contributed by atoms with Crippen LogP contribution in [-0.4, -0.2) is 33.1 Å². The summed E-state index contributed by atoms with van der Waals surface area (Å²) in [4.78, 5) is 24.9. The lowest BCUT2D eigenvalue weighted by atomic mass is 9.85. The Bertz CT molecular complexity index is 2030. The molecule has 46 heavy (non-hydrogen) atoms. The SMILES string of the molecule is COC(=O)CCCCC(=O)c1ccc2c(-c3c(OC)c(-c4ccccc4)cc4ccccc34)c(OC)c(-c3ccccc3)cc2c1. The molecule has 0 fully saturated rings. The van der Waals surface area contributed by atoms with Gasteiger partial charge < -0.3 is 14.2 Å². The summed E-state index contributed by atoms with van der Waals surface area (Å²) in [7, 11) is 4.80. The number of carbonyl (C=O) groups is 2. The summed E-state index contributed by atoms with van der Waals surface area (Å²) in [5.41, 5.74) is 6.43. The monoisotopic (exact) mass is 608 g/mol. The standard InChI is InChI=1S/C41H36O5/c1-44-37(43)21-13-12-20-36(42)30-22-23-33-31(24-30)26-35(28-16-8-5-9-17-28)41(46-3)39(33)38-32-19-11-10-18-29(32)25-34(40(38)45-2)27-14-6-4-7-15-27/h4-11,14-19,22-26H,12-13,20-21H2,1-3H3. The smallest absolute Gasteiger partial charge is 0.305 e. The van der Waals surface area contributed by atoms with Crippen molar-refractivity contribution in [2.45, 2.75) is 25.7 Å². The van der Waals surface area contributed by atoms with Crippen LogP contribution in [0.25, 0.3) is 54.9 Å². The summed E-state index contributed by atoms with van der Waals surface area (Å²) < 4.78 is 17.3. The van der Waals surface area contributed by atoms with Gasteiger partial charge in [-0.05, 0) is 63.7 Å². The zero-order valence-electron chi connectivity index (χ0n) is 26.3. The van der Waals surface area contributed by atoms with E-state index in [0.717, 1.165) is 66.4 Å². The quantitative estimate of drug-likeness (QED) is 0.0832. The average Bonchev–Trinajstić information content (AvgIpc) is 3.12. The van der Waals surface area contributed by atoms with Crippen LogP contribution in [0.1, 0.15) is 36.0 Å². The van der Waals surface area contributed by atoms with Gasteiger partial charge in [-0.25, -0.2) is 0 Å². The minimum Gasteiger partial charge on any atom is -0.495 e.